The Morgan fingerprint density at radius 2 is 1.79 bits per heavy atom. The Hall–Kier alpha value is -2.97. The van der Waals surface area contributed by atoms with Crippen molar-refractivity contribution < 1.29 is 22.6 Å². The summed E-state index contributed by atoms with van der Waals surface area (Å²) < 4.78 is 47.8. The van der Waals surface area contributed by atoms with Crippen molar-refractivity contribution in [2.24, 2.45) is 4.99 Å². The van der Waals surface area contributed by atoms with E-state index in [-0.39, 0.29) is 13.1 Å². The molecule has 0 fully saturated rings. The maximum absolute atomic E-state index is 12.2. The van der Waals surface area contributed by atoms with Gasteiger partial charge in [0.2, 0.25) is 5.88 Å². The fraction of sp³-hybridized carbons (Fsp3) is 0.400. The molecule has 0 aliphatic carbocycles. The summed E-state index contributed by atoms with van der Waals surface area (Å²) in [6.07, 6.45) is -3.49. The number of aliphatic imine (C=N–C) groups is 1. The van der Waals surface area contributed by atoms with Crippen molar-refractivity contribution in [2.45, 2.75) is 26.1 Å². The van der Waals surface area contributed by atoms with Gasteiger partial charge >= 0.3 is 6.18 Å². The number of nitrogens with zero attached hydrogens (tertiary/aromatic N) is 2. The molecule has 1 heterocycles. The van der Waals surface area contributed by atoms with Gasteiger partial charge in [-0.2, -0.15) is 13.2 Å². The van der Waals surface area contributed by atoms with Crippen molar-refractivity contribution in [3.05, 3.63) is 54.2 Å². The molecule has 158 valence electrons. The first kappa shape index (κ1) is 22.3. The molecule has 9 heteroatoms. The summed E-state index contributed by atoms with van der Waals surface area (Å²) in [5, 5.41) is 5.58. The van der Waals surface area contributed by atoms with Crippen LogP contribution in [0.5, 0.6) is 11.6 Å². The van der Waals surface area contributed by atoms with Gasteiger partial charge in [0, 0.05) is 25.4 Å². The van der Waals surface area contributed by atoms with Crippen LogP contribution in [-0.4, -0.2) is 43.4 Å². The number of nitrogens with one attached hydrogen (secondary N) is 2. The molecule has 0 aliphatic rings. The fourth-order valence-corrected chi connectivity index (χ4v) is 2.25. The second kappa shape index (κ2) is 11.8. The predicted octanol–water partition coefficient (Wildman–Crippen LogP) is 3.55. The Kier molecular flexibility index (Phi) is 9.07. The molecule has 2 N–H and O–H groups in total. The Morgan fingerprint density at radius 3 is 2.45 bits per heavy atom. The number of para-hydroxylation sites is 1. The average molecular weight is 410 g/mol. The smallest absolute Gasteiger partial charge is 0.390 e. The molecule has 0 unspecified atom stereocenters. The van der Waals surface area contributed by atoms with E-state index in [1.165, 1.54) is 0 Å². The topological polar surface area (TPSA) is 67.8 Å². The zero-order chi connectivity index (χ0) is 21.0. The second-order valence-corrected chi connectivity index (χ2v) is 6.00. The van der Waals surface area contributed by atoms with Gasteiger partial charge in [0.25, 0.3) is 0 Å². The van der Waals surface area contributed by atoms with Crippen LogP contribution in [0.2, 0.25) is 0 Å². The molecule has 29 heavy (non-hydrogen) atoms. The van der Waals surface area contributed by atoms with Crippen LogP contribution in [0, 0.1) is 0 Å². The number of guanidine groups is 1. The van der Waals surface area contributed by atoms with Crippen LogP contribution in [0.25, 0.3) is 0 Å². The predicted molar refractivity (Wildman–Crippen MR) is 105 cm³/mol. The lowest BCUT2D eigenvalue weighted by Crippen LogP contribution is -2.38. The minimum Gasteiger partial charge on any atom is -0.490 e. The summed E-state index contributed by atoms with van der Waals surface area (Å²) in [6, 6.07) is 13.0. The summed E-state index contributed by atoms with van der Waals surface area (Å²) in [5.74, 6) is 1.57. The van der Waals surface area contributed by atoms with E-state index in [1.54, 1.807) is 12.3 Å². The van der Waals surface area contributed by atoms with E-state index in [4.69, 9.17) is 9.47 Å². The summed E-state index contributed by atoms with van der Waals surface area (Å²) >= 11 is 0. The minimum absolute atomic E-state index is 0.231. The standard InChI is InChI=1S/C20H25F3N4O2/c1-2-24-19(25-11-10-20(21,22)23)27-15-16-8-9-18(26-14-16)29-13-12-28-17-6-4-3-5-7-17/h3-9,14H,2,10-13,15H2,1H3,(H2,24,25,27). The molecule has 0 radical (unpaired) electrons. The van der Waals surface area contributed by atoms with E-state index in [2.05, 4.69) is 20.6 Å². The van der Waals surface area contributed by atoms with Crippen LogP contribution in [0.1, 0.15) is 18.9 Å². The van der Waals surface area contributed by atoms with Gasteiger partial charge in [-0.1, -0.05) is 24.3 Å². The van der Waals surface area contributed by atoms with Gasteiger partial charge in [0.15, 0.2) is 5.96 Å². The highest BCUT2D eigenvalue weighted by atomic mass is 19.4. The highest BCUT2D eigenvalue weighted by molar-refractivity contribution is 5.79. The minimum atomic E-state index is -4.20. The van der Waals surface area contributed by atoms with Gasteiger partial charge in [-0.05, 0) is 24.6 Å². The van der Waals surface area contributed by atoms with Gasteiger partial charge < -0.3 is 20.1 Å². The fourth-order valence-electron chi connectivity index (χ4n) is 2.25. The molecule has 0 saturated carbocycles. The molecule has 1 aromatic carbocycles. The first-order valence-corrected chi connectivity index (χ1v) is 9.31. The Bertz CT molecular complexity index is 738. The maximum Gasteiger partial charge on any atom is 0.390 e. The SMILES string of the molecule is CCNC(=NCc1ccc(OCCOc2ccccc2)nc1)NCCC(F)(F)F. The molecule has 2 aromatic rings. The largest absolute Gasteiger partial charge is 0.490 e. The normalized spacial score (nSPS) is 11.8. The lowest BCUT2D eigenvalue weighted by atomic mass is 10.3. The first-order chi connectivity index (χ1) is 14.0. The molecule has 2 rings (SSSR count). The van der Waals surface area contributed by atoms with E-state index in [1.807, 2.05) is 43.3 Å². The highest BCUT2D eigenvalue weighted by Crippen LogP contribution is 2.18. The molecular weight excluding hydrogens is 385 g/mol. The van der Waals surface area contributed by atoms with Crippen molar-refractivity contribution in [1.29, 1.82) is 0 Å². The van der Waals surface area contributed by atoms with Crippen molar-refractivity contribution in [3.8, 4) is 11.6 Å². The number of rotatable bonds is 10. The van der Waals surface area contributed by atoms with Crippen LogP contribution in [0.4, 0.5) is 13.2 Å². The molecule has 6 nitrogen and oxygen atoms in total. The number of aromatic nitrogens is 1. The Balaban J connectivity index is 1.75. The lowest BCUT2D eigenvalue weighted by Gasteiger charge is -2.12. The number of ether oxygens (including phenoxy) is 2. The summed E-state index contributed by atoms with van der Waals surface area (Å²) in [7, 11) is 0. The van der Waals surface area contributed by atoms with Crippen LogP contribution >= 0.6 is 0 Å². The average Bonchev–Trinajstić information content (AvgIpc) is 2.70. The van der Waals surface area contributed by atoms with Crippen LogP contribution in [-0.2, 0) is 6.54 Å². The van der Waals surface area contributed by atoms with E-state index in [0.717, 1.165) is 11.3 Å². The van der Waals surface area contributed by atoms with E-state index in [0.29, 0.717) is 31.6 Å². The van der Waals surface area contributed by atoms with Crippen LogP contribution < -0.4 is 20.1 Å². The van der Waals surface area contributed by atoms with Gasteiger partial charge in [-0.15, -0.1) is 0 Å². The molecule has 0 amide bonds. The van der Waals surface area contributed by atoms with Crippen molar-refractivity contribution in [1.82, 2.24) is 15.6 Å². The monoisotopic (exact) mass is 410 g/mol. The third kappa shape index (κ3) is 9.68. The zero-order valence-electron chi connectivity index (χ0n) is 16.2. The molecule has 1 aromatic heterocycles. The van der Waals surface area contributed by atoms with E-state index >= 15 is 0 Å². The van der Waals surface area contributed by atoms with Crippen molar-refractivity contribution in [3.63, 3.8) is 0 Å². The number of pyridine rings is 1. The summed E-state index contributed by atoms with van der Waals surface area (Å²) in [5.41, 5.74) is 0.811. The van der Waals surface area contributed by atoms with E-state index < -0.39 is 12.6 Å². The number of halogens is 3. The number of hydrogen-bond acceptors (Lipinski definition) is 4. The third-order valence-corrected chi connectivity index (χ3v) is 3.61. The molecule has 0 atom stereocenters. The van der Waals surface area contributed by atoms with Gasteiger partial charge in [-0.25, -0.2) is 9.98 Å². The summed E-state index contributed by atoms with van der Waals surface area (Å²) in [6.45, 7) is 3.20. The molecular formula is C20H25F3N4O2. The van der Waals surface area contributed by atoms with Gasteiger partial charge in [0.1, 0.15) is 19.0 Å². The molecule has 0 spiro atoms. The molecule has 0 saturated heterocycles. The zero-order valence-corrected chi connectivity index (χ0v) is 16.2. The molecule has 0 bridgehead atoms. The van der Waals surface area contributed by atoms with Gasteiger partial charge in [-0.3, -0.25) is 0 Å². The van der Waals surface area contributed by atoms with Crippen molar-refractivity contribution >= 4 is 5.96 Å². The second-order valence-electron chi connectivity index (χ2n) is 6.00. The highest BCUT2D eigenvalue weighted by Gasteiger charge is 2.26. The number of benzene rings is 1. The number of alkyl halides is 3. The quantitative estimate of drug-likeness (QED) is 0.356. The van der Waals surface area contributed by atoms with Gasteiger partial charge in [0.05, 0.1) is 13.0 Å². The summed E-state index contributed by atoms with van der Waals surface area (Å²) in [4.78, 5) is 8.47. The third-order valence-electron chi connectivity index (χ3n) is 3.61. The Labute approximate surface area is 168 Å². The Morgan fingerprint density at radius 1 is 1.03 bits per heavy atom. The number of hydrogen-bond donors (Lipinski definition) is 2. The first-order valence-electron chi connectivity index (χ1n) is 9.31. The van der Waals surface area contributed by atoms with Crippen molar-refractivity contribution in [2.75, 3.05) is 26.3 Å². The van der Waals surface area contributed by atoms with Crippen LogP contribution in [0.3, 0.4) is 0 Å². The van der Waals surface area contributed by atoms with Crippen LogP contribution in [0.15, 0.2) is 53.7 Å². The lowest BCUT2D eigenvalue weighted by molar-refractivity contribution is -0.132. The molecule has 0 aliphatic heterocycles. The van der Waals surface area contributed by atoms with E-state index in [9.17, 15) is 13.2 Å². The maximum atomic E-state index is 12.2.